The van der Waals surface area contributed by atoms with Crippen LogP contribution in [0.15, 0.2) is 0 Å². The van der Waals surface area contributed by atoms with Crippen molar-refractivity contribution in [3.05, 3.63) is 0 Å². The molecule has 5 nitrogen and oxygen atoms in total. The maximum atomic E-state index is 12.4. The molecule has 1 aliphatic carbocycles. The maximum absolute atomic E-state index is 12.4. The van der Waals surface area contributed by atoms with E-state index in [0.29, 0.717) is 25.8 Å². The van der Waals surface area contributed by atoms with E-state index in [4.69, 9.17) is 4.74 Å². The summed E-state index contributed by atoms with van der Waals surface area (Å²) in [5, 5.41) is 3.55. The lowest BCUT2D eigenvalue weighted by molar-refractivity contribution is -0.136. The van der Waals surface area contributed by atoms with Crippen molar-refractivity contribution in [2.75, 3.05) is 52.5 Å². The lowest BCUT2D eigenvalue weighted by atomic mass is 10.2. The van der Waals surface area contributed by atoms with Gasteiger partial charge in [-0.05, 0) is 38.1 Å². The number of rotatable bonds is 6. The van der Waals surface area contributed by atoms with Crippen molar-refractivity contribution in [3.8, 4) is 0 Å². The van der Waals surface area contributed by atoms with E-state index < -0.39 is 0 Å². The van der Waals surface area contributed by atoms with Crippen LogP contribution in [0.4, 0.5) is 0 Å². The molecule has 2 aliphatic heterocycles. The van der Waals surface area contributed by atoms with Crippen LogP contribution in [-0.2, 0) is 9.53 Å². The van der Waals surface area contributed by atoms with Crippen LogP contribution in [0.1, 0.15) is 25.7 Å². The summed E-state index contributed by atoms with van der Waals surface area (Å²) >= 11 is 0. The molecule has 0 aromatic heterocycles. The highest BCUT2D eigenvalue weighted by Gasteiger charge is 2.28. The molecular formula is C15H27N3O2. The van der Waals surface area contributed by atoms with E-state index in [0.717, 1.165) is 38.6 Å². The molecule has 114 valence electrons. The molecular weight excluding hydrogens is 254 g/mol. The van der Waals surface area contributed by atoms with Gasteiger partial charge in [0.25, 0.3) is 0 Å². The lowest BCUT2D eigenvalue weighted by Crippen LogP contribution is -2.48. The zero-order valence-electron chi connectivity index (χ0n) is 12.4. The van der Waals surface area contributed by atoms with Gasteiger partial charge in [-0.2, -0.15) is 0 Å². The van der Waals surface area contributed by atoms with Crippen molar-refractivity contribution < 1.29 is 9.53 Å². The van der Waals surface area contributed by atoms with Gasteiger partial charge in [0, 0.05) is 32.2 Å². The topological polar surface area (TPSA) is 44.8 Å². The van der Waals surface area contributed by atoms with E-state index in [2.05, 4.69) is 10.2 Å². The molecule has 0 aromatic carbocycles. The lowest BCUT2D eigenvalue weighted by Gasteiger charge is -2.31. The van der Waals surface area contributed by atoms with E-state index in [-0.39, 0.29) is 5.91 Å². The molecule has 0 radical (unpaired) electrons. The Hall–Kier alpha value is -0.650. The van der Waals surface area contributed by atoms with Crippen LogP contribution in [0.25, 0.3) is 0 Å². The van der Waals surface area contributed by atoms with Gasteiger partial charge in [-0.1, -0.05) is 0 Å². The SMILES string of the molecule is O=C(CN(CC1CC1)CC1CCCN1)N1CCOCC1. The van der Waals surface area contributed by atoms with Gasteiger partial charge < -0.3 is 15.0 Å². The molecule has 0 bridgehead atoms. The minimum absolute atomic E-state index is 0.284. The minimum Gasteiger partial charge on any atom is -0.378 e. The highest BCUT2D eigenvalue weighted by Crippen LogP contribution is 2.30. The molecule has 2 saturated heterocycles. The second kappa shape index (κ2) is 6.87. The molecule has 20 heavy (non-hydrogen) atoms. The number of carbonyl (C=O) groups excluding carboxylic acids is 1. The van der Waals surface area contributed by atoms with E-state index >= 15 is 0 Å². The summed E-state index contributed by atoms with van der Waals surface area (Å²) in [7, 11) is 0. The number of ether oxygens (including phenoxy) is 1. The molecule has 3 fully saturated rings. The predicted molar refractivity (Wildman–Crippen MR) is 77.6 cm³/mol. The summed E-state index contributed by atoms with van der Waals surface area (Å²) in [5.41, 5.74) is 0. The standard InChI is InChI=1S/C15H27N3O2/c19-15(18-6-8-20-9-7-18)12-17(10-13-3-4-13)11-14-2-1-5-16-14/h13-14,16H,1-12H2. The van der Waals surface area contributed by atoms with E-state index in [1.807, 2.05) is 4.90 Å². The highest BCUT2D eigenvalue weighted by atomic mass is 16.5. The van der Waals surface area contributed by atoms with Crippen LogP contribution < -0.4 is 5.32 Å². The second-order valence-corrected chi connectivity index (χ2v) is 6.42. The maximum Gasteiger partial charge on any atom is 0.236 e. The number of amides is 1. The molecule has 1 saturated carbocycles. The summed E-state index contributed by atoms with van der Waals surface area (Å²) in [6.45, 7) is 6.78. The third kappa shape index (κ3) is 4.17. The zero-order chi connectivity index (χ0) is 13.8. The number of morpholine rings is 1. The van der Waals surface area contributed by atoms with Crippen LogP contribution in [0.3, 0.4) is 0 Å². The fraction of sp³-hybridized carbons (Fsp3) is 0.933. The van der Waals surface area contributed by atoms with Crippen molar-refractivity contribution in [2.24, 2.45) is 5.92 Å². The van der Waals surface area contributed by atoms with Crippen molar-refractivity contribution in [1.82, 2.24) is 15.1 Å². The van der Waals surface area contributed by atoms with Gasteiger partial charge in [0.15, 0.2) is 0 Å². The molecule has 1 unspecified atom stereocenters. The minimum atomic E-state index is 0.284. The van der Waals surface area contributed by atoms with Gasteiger partial charge in [0.2, 0.25) is 5.91 Å². The van der Waals surface area contributed by atoms with Crippen LogP contribution in [0.2, 0.25) is 0 Å². The largest absolute Gasteiger partial charge is 0.378 e. The third-order valence-corrected chi connectivity index (χ3v) is 4.58. The first kappa shape index (κ1) is 14.3. The highest BCUT2D eigenvalue weighted by molar-refractivity contribution is 5.78. The van der Waals surface area contributed by atoms with Gasteiger partial charge >= 0.3 is 0 Å². The molecule has 1 N–H and O–H groups in total. The van der Waals surface area contributed by atoms with Gasteiger partial charge in [-0.3, -0.25) is 9.69 Å². The summed E-state index contributed by atoms with van der Waals surface area (Å²) < 4.78 is 5.32. The van der Waals surface area contributed by atoms with E-state index in [1.165, 1.54) is 25.7 Å². The Morgan fingerprint density at radius 1 is 1.20 bits per heavy atom. The summed E-state index contributed by atoms with van der Waals surface area (Å²) in [6.07, 6.45) is 5.23. The first-order valence-electron chi connectivity index (χ1n) is 8.12. The Morgan fingerprint density at radius 3 is 2.65 bits per heavy atom. The molecule has 3 aliphatic rings. The molecule has 5 heteroatoms. The molecule has 2 heterocycles. The second-order valence-electron chi connectivity index (χ2n) is 6.42. The average Bonchev–Trinajstić information content (AvgIpc) is 3.13. The Morgan fingerprint density at radius 2 is 2.00 bits per heavy atom. The van der Waals surface area contributed by atoms with Gasteiger partial charge in [0.1, 0.15) is 0 Å². The first-order valence-corrected chi connectivity index (χ1v) is 8.12. The van der Waals surface area contributed by atoms with E-state index in [9.17, 15) is 4.79 Å². The Labute approximate surface area is 121 Å². The first-order chi connectivity index (χ1) is 9.81. The van der Waals surface area contributed by atoms with Crippen LogP contribution >= 0.6 is 0 Å². The molecule has 3 rings (SSSR count). The smallest absolute Gasteiger partial charge is 0.236 e. The van der Waals surface area contributed by atoms with E-state index in [1.54, 1.807) is 0 Å². The predicted octanol–water partition coefficient (Wildman–Crippen LogP) is 0.309. The Kier molecular flexibility index (Phi) is 4.91. The van der Waals surface area contributed by atoms with Crippen LogP contribution in [0.5, 0.6) is 0 Å². The molecule has 1 atom stereocenters. The summed E-state index contributed by atoms with van der Waals surface area (Å²) in [4.78, 5) is 16.7. The van der Waals surface area contributed by atoms with Gasteiger partial charge in [-0.15, -0.1) is 0 Å². The van der Waals surface area contributed by atoms with Crippen LogP contribution in [0, 0.1) is 5.92 Å². The number of hydrogen-bond donors (Lipinski definition) is 1. The number of nitrogens with zero attached hydrogens (tertiary/aromatic N) is 2. The van der Waals surface area contributed by atoms with Crippen molar-refractivity contribution in [1.29, 1.82) is 0 Å². The van der Waals surface area contributed by atoms with Gasteiger partial charge in [0.05, 0.1) is 19.8 Å². The van der Waals surface area contributed by atoms with Gasteiger partial charge in [-0.25, -0.2) is 0 Å². The van der Waals surface area contributed by atoms with Crippen molar-refractivity contribution >= 4 is 5.91 Å². The molecule has 1 amide bonds. The normalized spacial score (nSPS) is 27.2. The van der Waals surface area contributed by atoms with Crippen LogP contribution in [-0.4, -0.2) is 74.2 Å². The Balaban J connectivity index is 1.49. The fourth-order valence-corrected chi connectivity index (χ4v) is 3.20. The summed E-state index contributed by atoms with van der Waals surface area (Å²) in [5.74, 6) is 1.13. The number of hydrogen-bond acceptors (Lipinski definition) is 4. The monoisotopic (exact) mass is 281 g/mol. The molecule has 0 aromatic rings. The quantitative estimate of drug-likeness (QED) is 0.761. The Bertz CT molecular complexity index is 321. The molecule has 0 spiro atoms. The third-order valence-electron chi connectivity index (χ3n) is 4.58. The zero-order valence-corrected chi connectivity index (χ0v) is 12.4. The number of carbonyl (C=O) groups is 1. The fourth-order valence-electron chi connectivity index (χ4n) is 3.20. The summed E-state index contributed by atoms with van der Waals surface area (Å²) in [6, 6.07) is 0.589. The van der Waals surface area contributed by atoms with Crippen molar-refractivity contribution in [3.63, 3.8) is 0 Å². The van der Waals surface area contributed by atoms with Crippen molar-refractivity contribution in [2.45, 2.75) is 31.7 Å². The number of nitrogens with one attached hydrogen (secondary N) is 1. The average molecular weight is 281 g/mol.